The van der Waals surface area contributed by atoms with E-state index in [1.807, 2.05) is 17.8 Å². The van der Waals surface area contributed by atoms with Crippen molar-refractivity contribution in [1.82, 2.24) is 9.78 Å². The van der Waals surface area contributed by atoms with Gasteiger partial charge in [0.1, 0.15) is 12.0 Å². The van der Waals surface area contributed by atoms with Gasteiger partial charge in [-0.15, -0.1) is 0 Å². The Bertz CT molecular complexity index is 546. The summed E-state index contributed by atoms with van der Waals surface area (Å²) in [6.45, 7) is 4.90. The fraction of sp³-hybridized carbons (Fsp3) is 0.286. The van der Waals surface area contributed by atoms with Crippen LogP contribution < -0.4 is 4.74 Å². The van der Waals surface area contributed by atoms with Crippen molar-refractivity contribution < 1.29 is 9.53 Å². The van der Waals surface area contributed by atoms with Crippen molar-refractivity contribution >= 4 is 6.29 Å². The summed E-state index contributed by atoms with van der Waals surface area (Å²) in [5.74, 6) is 1.46. The number of hydrogen-bond donors (Lipinski definition) is 0. The van der Waals surface area contributed by atoms with Gasteiger partial charge in [-0.2, -0.15) is 5.10 Å². The SMILES string of the molecule is CCCn1cc(Oc2ccc(C=O)cc2C)cn1. The zero-order valence-corrected chi connectivity index (χ0v) is 10.6. The highest BCUT2D eigenvalue weighted by atomic mass is 16.5. The number of nitrogens with zero attached hydrogens (tertiary/aromatic N) is 2. The van der Waals surface area contributed by atoms with Crippen LogP contribution in [-0.4, -0.2) is 16.1 Å². The van der Waals surface area contributed by atoms with Gasteiger partial charge in [0.2, 0.25) is 0 Å². The van der Waals surface area contributed by atoms with Gasteiger partial charge >= 0.3 is 0 Å². The summed E-state index contributed by atoms with van der Waals surface area (Å²) in [6, 6.07) is 5.35. The molecule has 2 aromatic rings. The molecule has 0 spiro atoms. The second-order valence-corrected chi connectivity index (χ2v) is 4.18. The topological polar surface area (TPSA) is 44.1 Å². The molecular formula is C14H16N2O2. The van der Waals surface area contributed by atoms with E-state index in [1.165, 1.54) is 0 Å². The molecule has 4 heteroatoms. The number of hydrogen-bond acceptors (Lipinski definition) is 3. The molecule has 0 atom stereocenters. The molecule has 0 radical (unpaired) electrons. The van der Waals surface area contributed by atoms with E-state index in [4.69, 9.17) is 4.74 Å². The van der Waals surface area contributed by atoms with Crippen LogP contribution in [0, 0.1) is 6.92 Å². The lowest BCUT2D eigenvalue weighted by Gasteiger charge is -2.06. The lowest BCUT2D eigenvalue weighted by Crippen LogP contribution is -1.95. The molecule has 4 nitrogen and oxygen atoms in total. The molecule has 0 aliphatic rings. The number of aryl methyl sites for hydroxylation is 2. The van der Waals surface area contributed by atoms with Gasteiger partial charge in [0.15, 0.2) is 5.75 Å². The number of aldehydes is 1. The summed E-state index contributed by atoms with van der Waals surface area (Å²) >= 11 is 0. The molecule has 0 aliphatic carbocycles. The van der Waals surface area contributed by atoms with Gasteiger partial charge < -0.3 is 4.74 Å². The molecule has 0 bridgehead atoms. The summed E-state index contributed by atoms with van der Waals surface area (Å²) < 4.78 is 7.59. The van der Waals surface area contributed by atoms with Crippen molar-refractivity contribution in [3.63, 3.8) is 0 Å². The largest absolute Gasteiger partial charge is 0.454 e. The fourth-order valence-corrected chi connectivity index (χ4v) is 1.74. The van der Waals surface area contributed by atoms with Crippen molar-refractivity contribution in [3.8, 4) is 11.5 Å². The summed E-state index contributed by atoms with van der Waals surface area (Å²) in [7, 11) is 0. The Balaban J connectivity index is 2.15. The number of ether oxygens (including phenoxy) is 1. The standard InChI is InChI=1S/C14H16N2O2/c1-3-6-16-9-13(8-15-16)18-14-5-4-12(10-17)7-11(14)2/h4-5,7-10H,3,6H2,1-2H3. The highest BCUT2D eigenvalue weighted by Crippen LogP contribution is 2.25. The molecule has 0 saturated heterocycles. The quantitative estimate of drug-likeness (QED) is 0.758. The Morgan fingerprint density at radius 1 is 1.44 bits per heavy atom. The molecule has 18 heavy (non-hydrogen) atoms. The van der Waals surface area contributed by atoms with Crippen LogP contribution in [0.15, 0.2) is 30.6 Å². The van der Waals surface area contributed by atoms with Crippen molar-refractivity contribution in [2.24, 2.45) is 0 Å². The zero-order chi connectivity index (χ0) is 13.0. The van der Waals surface area contributed by atoms with Gasteiger partial charge in [-0.25, -0.2) is 0 Å². The van der Waals surface area contributed by atoms with Crippen LogP contribution in [0.3, 0.4) is 0 Å². The van der Waals surface area contributed by atoms with E-state index in [2.05, 4.69) is 12.0 Å². The van der Waals surface area contributed by atoms with Crippen molar-refractivity contribution in [1.29, 1.82) is 0 Å². The van der Waals surface area contributed by atoms with Crippen LogP contribution in [0.25, 0.3) is 0 Å². The Labute approximate surface area is 106 Å². The number of carbonyl (C=O) groups is 1. The lowest BCUT2D eigenvalue weighted by molar-refractivity contribution is 0.112. The second-order valence-electron chi connectivity index (χ2n) is 4.18. The minimum Gasteiger partial charge on any atom is -0.454 e. The molecule has 0 saturated carbocycles. The van der Waals surface area contributed by atoms with Gasteiger partial charge in [-0.1, -0.05) is 6.92 Å². The average Bonchev–Trinajstić information content (AvgIpc) is 2.80. The molecule has 94 valence electrons. The van der Waals surface area contributed by atoms with E-state index in [-0.39, 0.29) is 0 Å². The molecule has 0 fully saturated rings. The molecule has 0 unspecified atom stereocenters. The van der Waals surface area contributed by atoms with Gasteiger partial charge in [-0.3, -0.25) is 9.48 Å². The first-order chi connectivity index (χ1) is 8.72. The fourth-order valence-electron chi connectivity index (χ4n) is 1.74. The Morgan fingerprint density at radius 3 is 2.94 bits per heavy atom. The predicted molar refractivity (Wildman–Crippen MR) is 69.2 cm³/mol. The minimum absolute atomic E-state index is 0.654. The highest BCUT2D eigenvalue weighted by Gasteiger charge is 2.04. The second kappa shape index (κ2) is 5.49. The van der Waals surface area contributed by atoms with E-state index < -0.39 is 0 Å². The molecular weight excluding hydrogens is 228 g/mol. The summed E-state index contributed by atoms with van der Waals surface area (Å²) in [6.07, 6.45) is 5.43. The van der Waals surface area contributed by atoms with E-state index in [0.717, 1.165) is 30.6 Å². The molecule has 1 aromatic heterocycles. The van der Waals surface area contributed by atoms with Crippen LogP contribution >= 0.6 is 0 Å². The number of rotatable bonds is 5. The number of aromatic nitrogens is 2. The van der Waals surface area contributed by atoms with E-state index in [9.17, 15) is 4.79 Å². The van der Waals surface area contributed by atoms with Crippen molar-refractivity contribution in [2.45, 2.75) is 26.8 Å². The zero-order valence-electron chi connectivity index (χ0n) is 10.6. The van der Waals surface area contributed by atoms with Crippen LogP contribution in [-0.2, 0) is 6.54 Å². The third-order valence-electron chi connectivity index (χ3n) is 2.63. The summed E-state index contributed by atoms with van der Waals surface area (Å²) in [5.41, 5.74) is 1.59. The molecule has 0 N–H and O–H groups in total. The van der Waals surface area contributed by atoms with Gasteiger partial charge in [-0.05, 0) is 37.1 Å². The summed E-state index contributed by atoms with van der Waals surface area (Å²) in [4.78, 5) is 10.6. The molecule has 2 rings (SSSR count). The maximum atomic E-state index is 10.6. The van der Waals surface area contributed by atoms with Crippen LogP contribution in [0.2, 0.25) is 0 Å². The first kappa shape index (κ1) is 12.4. The maximum absolute atomic E-state index is 10.6. The predicted octanol–water partition coefficient (Wildman–Crippen LogP) is 3.21. The third kappa shape index (κ3) is 2.77. The third-order valence-corrected chi connectivity index (χ3v) is 2.63. The number of benzene rings is 1. The molecule has 1 heterocycles. The monoisotopic (exact) mass is 244 g/mol. The molecule has 1 aromatic carbocycles. The lowest BCUT2D eigenvalue weighted by atomic mass is 10.1. The first-order valence-electron chi connectivity index (χ1n) is 5.99. The van der Waals surface area contributed by atoms with Gasteiger partial charge in [0, 0.05) is 12.1 Å². The molecule has 0 amide bonds. The van der Waals surface area contributed by atoms with E-state index >= 15 is 0 Å². The van der Waals surface area contributed by atoms with Crippen LogP contribution in [0.4, 0.5) is 0 Å². The summed E-state index contributed by atoms with van der Waals surface area (Å²) in [5, 5.41) is 4.20. The smallest absolute Gasteiger partial charge is 0.165 e. The van der Waals surface area contributed by atoms with Gasteiger partial charge in [0.05, 0.1) is 12.4 Å². The van der Waals surface area contributed by atoms with Gasteiger partial charge in [0.25, 0.3) is 0 Å². The molecule has 0 aliphatic heterocycles. The Morgan fingerprint density at radius 2 is 2.28 bits per heavy atom. The van der Waals surface area contributed by atoms with Crippen molar-refractivity contribution in [2.75, 3.05) is 0 Å². The van der Waals surface area contributed by atoms with E-state index in [1.54, 1.807) is 24.4 Å². The Hall–Kier alpha value is -2.10. The highest BCUT2D eigenvalue weighted by molar-refractivity contribution is 5.75. The Kier molecular flexibility index (Phi) is 3.77. The van der Waals surface area contributed by atoms with E-state index in [0.29, 0.717) is 11.3 Å². The minimum atomic E-state index is 0.654. The van der Waals surface area contributed by atoms with Crippen LogP contribution in [0.1, 0.15) is 29.3 Å². The first-order valence-corrected chi connectivity index (χ1v) is 5.99. The normalized spacial score (nSPS) is 10.3. The van der Waals surface area contributed by atoms with Crippen LogP contribution in [0.5, 0.6) is 11.5 Å². The average molecular weight is 244 g/mol. The van der Waals surface area contributed by atoms with Crippen molar-refractivity contribution in [3.05, 3.63) is 41.7 Å². The number of carbonyl (C=O) groups excluding carboxylic acids is 1. The maximum Gasteiger partial charge on any atom is 0.165 e.